The standard InChI is InChI=1S/C24H27F2N3O2/c25-17-3-6-19(7-4-17)29-22-8-5-18(26)13-20(22)21-14-27(12-9-23(21)29)10-1-2-11-28-16-31-15-24(28)30/h3-8,13,21,23H,1-2,9-12,14-16H2/t21-,23+/m0/s1. The van der Waals surface area contributed by atoms with Gasteiger partial charge in [-0.05, 0) is 73.8 Å². The van der Waals surface area contributed by atoms with E-state index < -0.39 is 0 Å². The van der Waals surface area contributed by atoms with Crippen molar-refractivity contribution in [3.8, 4) is 0 Å². The lowest BCUT2D eigenvalue weighted by molar-refractivity contribution is -0.126. The van der Waals surface area contributed by atoms with Crippen molar-refractivity contribution in [3.63, 3.8) is 0 Å². The van der Waals surface area contributed by atoms with Crippen molar-refractivity contribution in [2.24, 2.45) is 0 Å². The number of hydrogen-bond acceptors (Lipinski definition) is 4. The fourth-order valence-electron chi connectivity index (χ4n) is 5.21. The maximum absolute atomic E-state index is 14.1. The lowest BCUT2D eigenvalue weighted by Gasteiger charge is -2.39. The Bertz CT molecular complexity index is 952. The lowest BCUT2D eigenvalue weighted by atomic mass is 9.89. The van der Waals surface area contributed by atoms with Gasteiger partial charge in [0.25, 0.3) is 0 Å². The molecule has 3 aliphatic rings. The predicted octanol–water partition coefficient (Wildman–Crippen LogP) is 3.87. The fourth-order valence-corrected chi connectivity index (χ4v) is 5.21. The number of unbranched alkanes of at least 4 members (excludes halogenated alkanes) is 1. The van der Waals surface area contributed by atoms with Gasteiger partial charge >= 0.3 is 0 Å². The van der Waals surface area contributed by atoms with Gasteiger partial charge in [-0.1, -0.05) is 0 Å². The van der Waals surface area contributed by atoms with E-state index in [1.54, 1.807) is 23.1 Å². The van der Waals surface area contributed by atoms with Gasteiger partial charge in [0, 0.05) is 43.0 Å². The number of benzene rings is 2. The van der Waals surface area contributed by atoms with Gasteiger partial charge in [0.05, 0.1) is 0 Å². The zero-order valence-corrected chi connectivity index (χ0v) is 17.5. The van der Waals surface area contributed by atoms with E-state index in [-0.39, 0.29) is 36.1 Å². The first-order valence-corrected chi connectivity index (χ1v) is 11.0. The molecule has 3 aliphatic heterocycles. The highest BCUT2D eigenvalue weighted by molar-refractivity contribution is 5.78. The second kappa shape index (κ2) is 8.55. The lowest BCUT2D eigenvalue weighted by Crippen LogP contribution is -2.45. The molecule has 0 radical (unpaired) electrons. The minimum absolute atomic E-state index is 0.0753. The van der Waals surface area contributed by atoms with E-state index in [4.69, 9.17) is 4.74 Å². The normalized spacial score (nSPS) is 23.4. The topological polar surface area (TPSA) is 36.0 Å². The summed E-state index contributed by atoms with van der Waals surface area (Å²) in [6.45, 7) is 4.17. The van der Waals surface area contributed by atoms with Crippen molar-refractivity contribution in [2.75, 3.05) is 44.4 Å². The summed E-state index contributed by atoms with van der Waals surface area (Å²) in [4.78, 5) is 18.1. The Kier molecular flexibility index (Phi) is 5.63. The van der Waals surface area contributed by atoms with Crippen LogP contribution in [-0.2, 0) is 9.53 Å². The number of rotatable bonds is 6. The van der Waals surface area contributed by atoms with Crippen molar-refractivity contribution >= 4 is 17.3 Å². The number of likely N-dealkylation sites (tertiary alicyclic amines) is 1. The van der Waals surface area contributed by atoms with E-state index >= 15 is 0 Å². The minimum atomic E-state index is -0.254. The molecule has 31 heavy (non-hydrogen) atoms. The van der Waals surface area contributed by atoms with Crippen LogP contribution >= 0.6 is 0 Å². The molecule has 2 aromatic rings. The van der Waals surface area contributed by atoms with Crippen LogP contribution in [0.15, 0.2) is 42.5 Å². The van der Waals surface area contributed by atoms with Crippen LogP contribution in [-0.4, -0.2) is 61.3 Å². The number of halogens is 2. The number of carbonyl (C=O) groups is 1. The number of anilines is 2. The third-order valence-corrected chi connectivity index (χ3v) is 6.72. The Balaban J connectivity index is 1.26. The Morgan fingerprint density at radius 1 is 1.00 bits per heavy atom. The molecular formula is C24H27F2N3O2. The van der Waals surface area contributed by atoms with Crippen molar-refractivity contribution < 1.29 is 18.3 Å². The number of piperidine rings is 1. The fraction of sp³-hybridized carbons (Fsp3) is 0.458. The molecule has 1 amide bonds. The number of nitrogens with zero attached hydrogens (tertiary/aromatic N) is 3. The van der Waals surface area contributed by atoms with E-state index in [0.717, 1.165) is 62.4 Å². The summed E-state index contributed by atoms with van der Waals surface area (Å²) < 4.78 is 32.7. The molecule has 0 N–H and O–H groups in total. The van der Waals surface area contributed by atoms with Crippen LogP contribution in [0.3, 0.4) is 0 Å². The van der Waals surface area contributed by atoms with E-state index in [2.05, 4.69) is 9.80 Å². The molecule has 0 bridgehead atoms. The van der Waals surface area contributed by atoms with Crippen molar-refractivity contribution in [1.29, 1.82) is 0 Å². The van der Waals surface area contributed by atoms with E-state index in [0.29, 0.717) is 6.73 Å². The summed E-state index contributed by atoms with van der Waals surface area (Å²) in [5.74, 6) is -0.173. The van der Waals surface area contributed by atoms with E-state index in [1.807, 2.05) is 6.07 Å². The zero-order chi connectivity index (χ0) is 21.4. The van der Waals surface area contributed by atoms with Gasteiger partial charge in [0.1, 0.15) is 25.0 Å². The summed E-state index contributed by atoms with van der Waals surface area (Å²) in [5, 5.41) is 0. The van der Waals surface area contributed by atoms with Gasteiger partial charge in [-0.3, -0.25) is 4.79 Å². The first-order chi connectivity index (χ1) is 15.1. The minimum Gasteiger partial charge on any atom is -0.351 e. The SMILES string of the molecule is O=C1COCN1CCCCN1CC[C@@H]2[C@@H](C1)c1cc(F)ccc1N2c1ccc(F)cc1. The first-order valence-electron chi connectivity index (χ1n) is 11.0. The molecule has 2 saturated heterocycles. The Labute approximate surface area is 181 Å². The second-order valence-corrected chi connectivity index (χ2v) is 8.65. The number of fused-ring (bicyclic) bond motifs is 3. The van der Waals surface area contributed by atoms with Gasteiger partial charge in [-0.2, -0.15) is 0 Å². The summed E-state index contributed by atoms with van der Waals surface area (Å²) in [6.07, 6.45) is 2.93. The molecule has 2 atom stereocenters. The van der Waals surface area contributed by atoms with E-state index in [9.17, 15) is 13.6 Å². The second-order valence-electron chi connectivity index (χ2n) is 8.65. The van der Waals surface area contributed by atoms with Crippen molar-refractivity contribution in [1.82, 2.24) is 9.80 Å². The van der Waals surface area contributed by atoms with Gasteiger partial charge in [0.2, 0.25) is 5.91 Å². The van der Waals surface area contributed by atoms with Gasteiger partial charge in [0.15, 0.2) is 0 Å². The molecule has 164 valence electrons. The molecule has 0 saturated carbocycles. The highest BCUT2D eigenvalue weighted by Crippen LogP contribution is 2.48. The maximum Gasteiger partial charge on any atom is 0.250 e. The maximum atomic E-state index is 14.1. The summed E-state index contributed by atoms with van der Waals surface area (Å²) >= 11 is 0. The molecule has 0 aliphatic carbocycles. The number of carbonyl (C=O) groups excluding carboxylic acids is 1. The highest BCUT2D eigenvalue weighted by Gasteiger charge is 2.42. The molecule has 2 aromatic carbocycles. The summed E-state index contributed by atoms with van der Waals surface area (Å²) in [6, 6.07) is 11.9. The Morgan fingerprint density at radius 2 is 1.77 bits per heavy atom. The third kappa shape index (κ3) is 4.04. The number of ether oxygens (including phenoxy) is 1. The van der Waals surface area contributed by atoms with Crippen LogP contribution in [0.1, 0.15) is 30.7 Å². The summed E-state index contributed by atoms with van der Waals surface area (Å²) in [7, 11) is 0. The summed E-state index contributed by atoms with van der Waals surface area (Å²) in [5.41, 5.74) is 3.02. The quantitative estimate of drug-likeness (QED) is 0.656. The molecule has 5 rings (SSSR count). The molecule has 0 spiro atoms. The van der Waals surface area contributed by atoms with Crippen LogP contribution in [0, 0.1) is 11.6 Å². The number of hydrogen-bond donors (Lipinski definition) is 0. The smallest absolute Gasteiger partial charge is 0.250 e. The average Bonchev–Trinajstić information content (AvgIpc) is 3.32. The Hall–Kier alpha value is -2.51. The van der Waals surface area contributed by atoms with Crippen LogP contribution < -0.4 is 4.90 Å². The third-order valence-electron chi connectivity index (χ3n) is 6.72. The van der Waals surface area contributed by atoms with Crippen molar-refractivity contribution in [2.45, 2.75) is 31.2 Å². The molecule has 0 aromatic heterocycles. The van der Waals surface area contributed by atoms with Crippen LogP contribution in [0.4, 0.5) is 20.2 Å². The molecule has 3 heterocycles. The van der Waals surface area contributed by atoms with Crippen LogP contribution in [0.5, 0.6) is 0 Å². The van der Waals surface area contributed by atoms with Crippen LogP contribution in [0.25, 0.3) is 0 Å². The van der Waals surface area contributed by atoms with Gasteiger partial charge < -0.3 is 19.4 Å². The molecule has 7 heteroatoms. The Morgan fingerprint density at radius 3 is 2.55 bits per heavy atom. The van der Waals surface area contributed by atoms with E-state index in [1.165, 1.54) is 18.2 Å². The van der Waals surface area contributed by atoms with Gasteiger partial charge in [-0.15, -0.1) is 0 Å². The predicted molar refractivity (Wildman–Crippen MR) is 114 cm³/mol. The van der Waals surface area contributed by atoms with Crippen LogP contribution in [0.2, 0.25) is 0 Å². The molecule has 0 unspecified atom stereocenters. The monoisotopic (exact) mass is 427 g/mol. The first kappa shape index (κ1) is 20.4. The average molecular weight is 427 g/mol. The molecule has 2 fully saturated rings. The largest absolute Gasteiger partial charge is 0.351 e. The highest BCUT2D eigenvalue weighted by atomic mass is 19.1. The zero-order valence-electron chi connectivity index (χ0n) is 17.5. The van der Waals surface area contributed by atoms with Gasteiger partial charge in [-0.25, -0.2) is 8.78 Å². The molecule has 5 nitrogen and oxygen atoms in total. The molecular weight excluding hydrogens is 400 g/mol. The number of amides is 1. The van der Waals surface area contributed by atoms with Crippen molar-refractivity contribution in [3.05, 3.63) is 59.7 Å².